The quantitative estimate of drug-likeness (QED) is 0.506. The van der Waals surface area contributed by atoms with Crippen LogP contribution in [0.3, 0.4) is 0 Å². The number of ether oxygens (including phenoxy) is 5. The lowest BCUT2D eigenvalue weighted by molar-refractivity contribution is 0.241. The molecule has 0 unspecified atom stereocenters. The van der Waals surface area contributed by atoms with E-state index in [9.17, 15) is 0 Å². The predicted molar refractivity (Wildman–Crippen MR) is 129 cm³/mol. The van der Waals surface area contributed by atoms with Gasteiger partial charge in [0.1, 0.15) is 11.5 Å². The first-order valence-electron chi connectivity index (χ1n) is 10.9. The van der Waals surface area contributed by atoms with E-state index >= 15 is 0 Å². The van der Waals surface area contributed by atoms with Gasteiger partial charge in [-0.25, -0.2) is 9.97 Å². The van der Waals surface area contributed by atoms with Crippen molar-refractivity contribution in [3.05, 3.63) is 53.3 Å². The van der Waals surface area contributed by atoms with Crippen LogP contribution in [-0.4, -0.2) is 57.0 Å². The molecule has 1 aromatic heterocycles. The molecule has 3 aromatic rings. The first-order chi connectivity index (χ1) is 16.6. The molecule has 4 rings (SSSR count). The summed E-state index contributed by atoms with van der Waals surface area (Å²) in [7, 11) is 8.12. The highest BCUT2D eigenvalue weighted by Crippen LogP contribution is 2.38. The maximum atomic E-state index is 5.49. The van der Waals surface area contributed by atoms with Crippen LogP contribution in [0.4, 0.5) is 11.6 Å². The molecule has 2 heterocycles. The summed E-state index contributed by atoms with van der Waals surface area (Å²) in [6.07, 6.45) is 2.71. The normalized spacial score (nSPS) is 13.1. The average Bonchev–Trinajstić information content (AvgIpc) is 2.88. The third-order valence-electron chi connectivity index (χ3n) is 5.80. The fourth-order valence-electron chi connectivity index (χ4n) is 4.09. The molecule has 0 fully saturated rings. The van der Waals surface area contributed by atoms with Crippen LogP contribution in [0, 0.1) is 0 Å². The van der Waals surface area contributed by atoms with Gasteiger partial charge in [-0.2, -0.15) is 0 Å². The van der Waals surface area contributed by atoms with Gasteiger partial charge in [-0.15, -0.1) is 0 Å². The van der Waals surface area contributed by atoms with Crippen molar-refractivity contribution in [1.82, 2.24) is 14.9 Å². The third kappa shape index (κ3) is 4.94. The Balaban J connectivity index is 1.49. The number of hydrogen-bond donors (Lipinski definition) is 1. The molecule has 0 spiro atoms. The zero-order valence-corrected chi connectivity index (χ0v) is 20.2. The summed E-state index contributed by atoms with van der Waals surface area (Å²) in [6, 6.07) is 9.53. The molecule has 1 aliphatic rings. The van der Waals surface area contributed by atoms with Crippen molar-refractivity contribution in [1.29, 1.82) is 0 Å². The molecule has 1 N–H and O–H groups in total. The molecule has 180 valence electrons. The summed E-state index contributed by atoms with van der Waals surface area (Å²) in [5, 5.41) is 3.25. The number of hydrogen-bond acceptors (Lipinski definition) is 9. The van der Waals surface area contributed by atoms with E-state index in [0.29, 0.717) is 28.9 Å². The number of aromatic nitrogens is 2. The van der Waals surface area contributed by atoms with Crippen molar-refractivity contribution in [2.75, 3.05) is 47.4 Å². The molecule has 0 amide bonds. The summed E-state index contributed by atoms with van der Waals surface area (Å²) in [5.41, 5.74) is 3.99. The van der Waals surface area contributed by atoms with Crippen molar-refractivity contribution in [2.45, 2.75) is 19.5 Å². The molecular weight excluding hydrogens is 436 g/mol. The van der Waals surface area contributed by atoms with Crippen LogP contribution < -0.4 is 29.0 Å². The minimum Gasteiger partial charge on any atom is -0.497 e. The number of benzene rings is 2. The molecule has 0 bridgehead atoms. The molecule has 0 radical (unpaired) electrons. The van der Waals surface area contributed by atoms with Crippen LogP contribution >= 0.6 is 0 Å². The van der Waals surface area contributed by atoms with Gasteiger partial charge in [-0.05, 0) is 29.8 Å². The lowest BCUT2D eigenvalue weighted by Crippen LogP contribution is -2.31. The Hall–Kier alpha value is -3.72. The van der Waals surface area contributed by atoms with Gasteiger partial charge in [-0.3, -0.25) is 4.90 Å². The fourth-order valence-corrected chi connectivity index (χ4v) is 4.09. The monoisotopic (exact) mass is 466 g/mol. The summed E-state index contributed by atoms with van der Waals surface area (Å²) in [5.74, 6) is 3.85. The van der Waals surface area contributed by atoms with E-state index in [1.165, 1.54) is 0 Å². The molecule has 0 atom stereocenters. The first-order valence-corrected chi connectivity index (χ1v) is 10.9. The molecule has 9 nitrogen and oxygen atoms in total. The topological polar surface area (TPSA) is 87.2 Å². The van der Waals surface area contributed by atoms with Crippen LogP contribution in [0.2, 0.25) is 0 Å². The van der Waals surface area contributed by atoms with E-state index in [2.05, 4.69) is 15.2 Å². The Morgan fingerprint density at radius 2 is 1.62 bits per heavy atom. The Kier molecular flexibility index (Phi) is 7.22. The van der Waals surface area contributed by atoms with Gasteiger partial charge in [0.2, 0.25) is 11.7 Å². The summed E-state index contributed by atoms with van der Waals surface area (Å²) < 4.78 is 27.2. The summed E-state index contributed by atoms with van der Waals surface area (Å²) in [4.78, 5) is 11.6. The SMILES string of the molecule is COc1ccc(OC)c(Nc2ncc3c(n2)CCN(Cc2cc(OC)c(OC)c(OC)c2)C3)c1. The maximum absolute atomic E-state index is 5.49. The molecule has 0 aliphatic carbocycles. The minimum atomic E-state index is 0.531. The van der Waals surface area contributed by atoms with Crippen molar-refractivity contribution in [3.8, 4) is 28.7 Å². The standard InChI is InChI=1S/C25H30N4O5/c1-30-18-6-7-21(31-2)20(12-18)28-25-26-13-17-15-29(9-8-19(17)27-25)14-16-10-22(32-3)24(34-5)23(11-16)33-4/h6-7,10-13H,8-9,14-15H2,1-5H3,(H,26,27,28). The van der Waals surface area contributed by atoms with Crippen molar-refractivity contribution in [3.63, 3.8) is 0 Å². The lowest BCUT2D eigenvalue weighted by atomic mass is 10.1. The number of rotatable bonds is 9. The van der Waals surface area contributed by atoms with Crippen LogP contribution in [0.15, 0.2) is 36.5 Å². The van der Waals surface area contributed by atoms with E-state index in [1.807, 2.05) is 36.5 Å². The third-order valence-corrected chi connectivity index (χ3v) is 5.80. The van der Waals surface area contributed by atoms with E-state index in [4.69, 9.17) is 28.7 Å². The highest BCUT2D eigenvalue weighted by atomic mass is 16.5. The van der Waals surface area contributed by atoms with Gasteiger partial charge in [0.15, 0.2) is 11.5 Å². The van der Waals surface area contributed by atoms with Gasteiger partial charge in [0.05, 0.1) is 46.9 Å². The van der Waals surface area contributed by atoms with Gasteiger partial charge in [0.25, 0.3) is 0 Å². The molecule has 9 heteroatoms. The number of fused-ring (bicyclic) bond motifs is 1. The Morgan fingerprint density at radius 1 is 0.882 bits per heavy atom. The highest BCUT2D eigenvalue weighted by molar-refractivity contribution is 5.65. The van der Waals surface area contributed by atoms with Crippen molar-refractivity contribution in [2.24, 2.45) is 0 Å². The zero-order chi connectivity index (χ0) is 24.1. The molecule has 0 saturated carbocycles. The first kappa shape index (κ1) is 23.4. The van der Waals surface area contributed by atoms with Gasteiger partial charge in [-0.1, -0.05) is 0 Å². The number of methoxy groups -OCH3 is 5. The highest BCUT2D eigenvalue weighted by Gasteiger charge is 2.21. The smallest absolute Gasteiger partial charge is 0.227 e. The predicted octanol–water partition coefficient (Wildman–Crippen LogP) is 3.82. The van der Waals surface area contributed by atoms with Gasteiger partial charge >= 0.3 is 0 Å². The van der Waals surface area contributed by atoms with Crippen molar-refractivity contribution >= 4 is 11.6 Å². The maximum Gasteiger partial charge on any atom is 0.227 e. The van der Waals surface area contributed by atoms with Crippen molar-refractivity contribution < 1.29 is 23.7 Å². The molecule has 34 heavy (non-hydrogen) atoms. The van der Waals surface area contributed by atoms with E-state index < -0.39 is 0 Å². The molecule has 2 aromatic carbocycles. The molecular formula is C25H30N4O5. The largest absolute Gasteiger partial charge is 0.497 e. The van der Waals surface area contributed by atoms with Gasteiger partial charge in [0, 0.05) is 43.9 Å². The summed E-state index contributed by atoms with van der Waals surface area (Å²) >= 11 is 0. The van der Waals surface area contributed by atoms with Crippen LogP contribution in [-0.2, 0) is 19.5 Å². The van der Waals surface area contributed by atoms with Crippen LogP contribution in [0.25, 0.3) is 0 Å². The average molecular weight is 467 g/mol. The van der Waals surface area contributed by atoms with E-state index in [0.717, 1.165) is 54.3 Å². The number of anilines is 2. The Labute approximate surface area is 199 Å². The van der Waals surface area contributed by atoms with Crippen LogP contribution in [0.1, 0.15) is 16.8 Å². The lowest BCUT2D eigenvalue weighted by Gasteiger charge is -2.28. The molecule has 0 saturated heterocycles. The second-order valence-electron chi connectivity index (χ2n) is 7.85. The number of nitrogens with one attached hydrogen (secondary N) is 1. The minimum absolute atomic E-state index is 0.531. The zero-order valence-electron chi connectivity index (χ0n) is 20.2. The molecule has 1 aliphatic heterocycles. The van der Waals surface area contributed by atoms with Gasteiger partial charge < -0.3 is 29.0 Å². The Morgan fingerprint density at radius 3 is 2.26 bits per heavy atom. The number of nitrogens with zero attached hydrogens (tertiary/aromatic N) is 3. The van der Waals surface area contributed by atoms with E-state index in [1.54, 1.807) is 35.5 Å². The Bertz CT molecular complexity index is 1130. The van der Waals surface area contributed by atoms with Crippen LogP contribution in [0.5, 0.6) is 28.7 Å². The second-order valence-corrected chi connectivity index (χ2v) is 7.85. The fraction of sp³-hybridized carbons (Fsp3) is 0.360. The summed E-state index contributed by atoms with van der Waals surface area (Å²) in [6.45, 7) is 2.38. The second kappa shape index (κ2) is 10.5. The van der Waals surface area contributed by atoms with E-state index in [-0.39, 0.29) is 0 Å².